The second kappa shape index (κ2) is 8.54. The van der Waals surface area contributed by atoms with Gasteiger partial charge in [0.25, 0.3) is 0 Å². The molecule has 0 heterocycles. The van der Waals surface area contributed by atoms with E-state index in [9.17, 15) is 18.0 Å². The van der Waals surface area contributed by atoms with Crippen molar-refractivity contribution in [3.8, 4) is 5.75 Å². The Bertz CT molecular complexity index is 733. The normalized spacial score (nSPS) is 11.0. The van der Waals surface area contributed by atoms with Crippen LogP contribution in [0.25, 0.3) is 6.08 Å². The maximum Gasteiger partial charge on any atom is 0.387 e. The molecule has 0 aromatic heterocycles. The zero-order valence-corrected chi connectivity index (χ0v) is 13.9. The maximum absolute atomic E-state index is 13.5. The van der Waals surface area contributed by atoms with Crippen LogP contribution in [0.3, 0.4) is 0 Å². The van der Waals surface area contributed by atoms with Gasteiger partial charge in [-0.25, -0.2) is 4.39 Å². The third kappa shape index (κ3) is 5.73. The van der Waals surface area contributed by atoms with Crippen LogP contribution in [0.15, 0.2) is 53.0 Å². The van der Waals surface area contributed by atoms with E-state index in [1.807, 2.05) is 0 Å². The molecule has 24 heavy (non-hydrogen) atoms. The van der Waals surface area contributed by atoms with Crippen LogP contribution in [0.4, 0.5) is 13.2 Å². The Morgan fingerprint density at radius 2 is 1.92 bits per heavy atom. The Kier molecular flexibility index (Phi) is 6.43. The highest BCUT2D eigenvalue weighted by Gasteiger charge is 2.04. The zero-order chi connectivity index (χ0) is 17.5. The molecule has 0 aliphatic heterocycles. The number of ether oxygens (including phenoxy) is 1. The third-order valence-corrected chi connectivity index (χ3v) is 3.48. The van der Waals surface area contributed by atoms with E-state index in [1.54, 1.807) is 24.3 Å². The molecule has 0 fully saturated rings. The highest BCUT2D eigenvalue weighted by Crippen LogP contribution is 2.17. The lowest BCUT2D eigenvalue weighted by Crippen LogP contribution is -2.20. The summed E-state index contributed by atoms with van der Waals surface area (Å²) in [4.78, 5) is 11.7. The number of hydrogen-bond acceptors (Lipinski definition) is 2. The molecular formula is C17H13BrF3NO2. The number of hydrogen-bond donors (Lipinski definition) is 1. The number of rotatable bonds is 6. The molecule has 7 heteroatoms. The van der Waals surface area contributed by atoms with Crippen molar-refractivity contribution in [3.63, 3.8) is 0 Å². The Morgan fingerprint density at radius 3 is 2.58 bits per heavy atom. The van der Waals surface area contributed by atoms with Crippen molar-refractivity contribution in [1.82, 2.24) is 5.32 Å². The summed E-state index contributed by atoms with van der Waals surface area (Å²) in [6, 6.07) is 10.3. The summed E-state index contributed by atoms with van der Waals surface area (Å²) in [6.45, 7) is -2.67. The smallest absolute Gasteiger partial charge is 0.387 e. The third-order valence-electron chi connectivity index (χ3n) is 2.99. The van der Waals surface area contributed by atoms with Gasteiger partial charge in [0.05, 0.1) is 0 Å². The molecule has 0 unspecified atom stereocenters. The Morgan fingerprint density at radius 1 is 1.21 bits per heavy atom. The van der Waals surface area contributed by atoms with Gasteiger partial charge in [0.1, 0.15) is 11.6 Å². The Labute approximate surface area is 145 Å². The molecule has 1 N–H and O–H groups in total. The monoisotopic (exact) mass is 399 g/mol. The topological polar surface area (TPSA) is 38.3 Å². The van der Waals surface area contributed by atoms with E-state index in [0.717, 1.165) is 0 Å². The molecule has 126 valence electrons. The molecule has 0 radical (unpaired) electrons. The first-order chi connectivity index (χ1) is 11.4. The minimum Gasteiger partial charge on any atom is -0.435 e. The second-order valence-electron chi connectivity index (χ2n) is 4.74. The quantitative estimate of drug-likeness (QED) is 0.725. The number of benzene rings is 2. The van der Waals surface area contributed by atoms with Crippen LogP contribution in [-0.2, 0) is 11.3 Å². The lowest BCUT2D eigenvalue weighted by atomic mass is 10.2. The summed E-state index contributed by atoms with van der Waals surface area (Å²) in [6.07, 6.45) is 2.59. The number of carbonyl (C=O) groups excluding carboxylic acids is 1. The molecule has 2 aromatic rings. The van der Waals surface area contributed by atoms with Crippen LogP contribution in [0, 0.1) is 5.82 Å². The van der Waals surface area contributed by atoms with Gasteiger partial charge in [-0.2, -0.15) is 8.78 Å². The van der Waals surface area contributed by atoms with E-state index in [2.05, 4.69) is 26.0 Å². The molecule has 0 saturated carbocycles. The van der Waals surface area contributed by atoms with Crippen LogP contribution in [0.2, 0.25) is 0 Å². The Hall–Kier alpha value is -2.28. The summed E-state index contributed by atoms with van der Waals surface area (Å²) >= 11 is 3.23. The minimum atomic E-state index is -2.88. The summed E-state index contributed by atoms with van der Waals surface area (Å²) in [5.74, 6) is -0.788. The predicted molar refractivity (Wildman–Crippen MR) is 88.1 cm³/mol. The van der Waals surface area contributed by atoms with Crippen LogP contribution in [-0.4, -0.2) is 12.5 Å². The summed E-state index contributed by atoms with van der Waals surface area (Å²) < 4.78 is 42.5. The lowest BCUT2D eigenvalue weighted by molar-refractivity contribution is -0.116. The molecule has 0 bridgehead atoms. The van der Waals surface area contributed by atoms with E-state index >= 15 is 0 Å². The fourth-order valence-corrected chi connectivity index (χ4v) is 2.22. The van der Waals surface area contributed by atoms with Gasteiger partial charge in [-0.3, -0.25) is 4.79 Å². The van der Waals surface area contributed by atoms with Gasteiger partial charge >= 0.3 is 6.61 Å². The molecule has 0 atom stereocenters. The fraction of sp³-hybridized carbons (Fsp3) is 0.118. The van der Waals surface area contributed by atoms with Gasteiger partial charge < -0.3 is 10.1 Å². The Balaban J connectivity index is 1.88. The zero-order valence-electron chi connectivity index (χ0n) is 12.3. The van der Waals surface area contributed by atoms with Gasteiger partial charge in [0.15, 0.2) is 0 Å². The second-order valence-corrected chi connectivity index (χ2v) is 5.66. The van der Waals surface area contributed by atoms with Crippen LogP contribution >= 0.6 is 15.9 Å². The molecule has 0 aliphatic rings. The van der Waals surface area contributed by atoms with E-state index in [-0.39, 0.29) is 17.9 Å². The lowest BCUT2D eigenvalue weighted by Gasteiger charge is -2.06. The molecule has 2 aromatic carbocycles. The van der Waals surface area contributed by atoms with Crippen molar-refractivity contribution in [3.05, 3.63) is 70.0 Å². The van der Waals surface area contributed by atoms with E-state index < -0.39 is 18.3 Å². The number of amides is 1. The summed E-state index contributed by atoms with van der Waals surface area (Å²) in [5, 5.41) is 2.61. The van der Waals surface area contributed by atoms with Gasteiger partial charge in [0, 0.05) is 22.7 Å². The van der Waals surface area contributed by atoms with Crippen molar-refractivity contribution < 1.29 is 22.7 Å². The molecule has 3 nitrogen and oxygen atoms in total. The van der Waals surface area contributed by atoms with Gasteiger partial charge in [-0.05, 0) is 42.0 Å². The first-order valence-electron chi connectivity index (χ1n) is 6.89. The van der Waals surface area contributed by atoms with Crippen molar-refractivity contribution in [1.29, 1.82) is 0 Å². The van der Waals surface area contributed by atoms with Crippen molar-refractivity contribution in [2.45, 2.75) is 13.2 Å². The first-order valence-corrected chi connectivity index (χ1v) is 7.68. The molecule has 0 spiro atoms. The number of alkyl halides is 2. The first kappa shape index (κ1) is 18.1. The van der Waals surface area contributed by atoms with Crippen molar-refractivity contribution in [2.24, 2.45) is 0 Å². The van der Waals surface area contributed by atoms with Crippen LogP contribution in [0.5, 0.6) is 5.75 Å². The highest BCUT2D eigenvalue weighted by molar-refractivity contribution is 9.10. The maximum atomic E-state index is 13.5. The molecule has 1 amide bonds. The van der Waals surface area contributed by atoms with Gasteiger partial charge in [-0.1, -0.05) is 28.1 Å². The van der Waals surface area contributed by atoms with E-state index in [4.69, 9.17) is 0 Å². The van der Waals surface area contributed by atoms with E-state index in [1.165, 1.54) is 30.4 Å². The van der Waals surface area contributed by atoms with Crippen LogP contribution < -0.4 is 10.1 Å². The molecule has 2 rings (SSSR count). The predicted octanol–water partition coefficient (Wildman–Crippen LogP) is 4.52. The largest absolute Gasteiger partial charge is 0.435 e. The highest BCUT2D eigenvalue weighted by atomic mass is 79.9. The number of carbonyl (C=O) groups is 1. The minimum absolute atomic E-state index is 0.0464. The number of nitrogens with one attached hydrogen (secondary N) is 1. The average Bonchev–Trinajstić information content (AvgIpc) is 2.54. The standard InChI is InChI=1S/C17H13BrF3NO2/c18-13-4-7-15(19)12(9-13)3-8-16(23)22-10-11-1-5-14(6-2-11)24-17(20)21/h1-9,17H,10H2,(H,22,23)/b8-3+. The van der Waals surface area contributed by atoms with Crippen LogP contribution in [0.1, 0.15) is 11.1 Å². The summed E-state index contributed by atoms with van der Waals surface area (Å²) in [5.41, 5.74) is 1.00. The molecule has 0 aliphatic carbocycles. The van der Waals surface area contributed by atoms with Gasteiger partial charge in [-0.15, -0.1) is 0 Å². The van der Waals surface area contributed by atoms with E-state index in [0.29, 0.717) is 10.0 Å². The van der Waals surface area contributed by atoms with Crippen molar-refractivity contribution in [2.75, 3.05) is 0 Å². The van der Waals surface area contributed by atoms with Gasteiger partial charge in [0.2, 0.25) is 5.91 Å². The fourth-order valence-electron chi connectivity index (χ4n) is 1.84. The molecule has 0 saturated heterocycles. The van der Waals surface area contributed by atoms with Crippen molar-refractivity contribution >= 4 is 27.9 Å². The molecular weight excluding hydrogens is 387 g/mol. The SMILES string of the molecule is O=C(/C=C/c1cc(Br)ccc1F)NCc1ccc(OC(F)F)cc1. The average molecular weight is 400 g/mol. The summed E-state index contributed by atoms with van der Waals surface area (Å²) in [7, 11) is 0. The number of halogens is 4.